The van der Waals surface area contributed by atoms with Gasteiger partial charge in [0.05, 0.1) is 31.4 Å². The summed E-state index contributed by atoms with van der Waals surface area (Å²) in [7, 11) is -3.54. The summed E-state index contributed by atoms with van der Waals surface area (Å²) in [4.78, 5) is 10.8. The van der Waals surface area contributed by atoms with Gasteiger partial charge in [-0.05, 0) is 5.56 Å². The van der Waals surface area contributed by atoms with Crippen LogP contribution in [0.1, 0.15) is 12.0 Å². The number of morpholine rings is 1. The van der Waals surface area contributed by atoms with Crippen molar-refractivity contribution < 1.29 is 23.1 Å². The summed E-state index contributed by atoms with van der Waals surface area (Å²) in [6.07, 6.45) is -0.242. The molecule has 1 fully saturated rings. The minimum atomic E-state index is -3.54. The van der Waals surface area contributed by atoms with E-state index >= 15 is 0 Å². The second kappa shape index (κ2) is 6.34. The van der Waals surface area contributed by atoms with Gasteiger partial charge in [-0.25, -0.2) is 8.42 Å². The highest BCUT2D eigenvalue weighted by molar-refractivity contribution is 7.88. The van der Waals surface area contributed by atoms with Crippen molar-refractivity contribution in [3.05, 3.63) is 35.9 Å². The van der Waals surface area contributed by atoms with Gasteiger partial charge in [-0.15, -0.1) is 0 Å². The van der Waals surface area contributed by atoms with Crippen LogP contribution in [0.3, 0.4) is 0 Å². The first-order valence-corrected chi connectivity index (χ1v) is 7.93. The van der Waals surface area contributed by atoms with E-state index in [9.17, 15) is 13.2 Å². The minimum Gasteiger partial charge on any atom is -0.481 e. The fraction of sp³-hybridized carbons (Fsp3) is 0.462. The lowest BCUT2D eigenvalue weighted by molar-refractivity contribution is -0.139. The van der Waals surface area contributed by atoms with Crippen LogP contribution in [-0.4, -0.2) is 49.6 Å². The number of hydrogen-bond donors (Lipinski definition) is 1. The molecule has 0 unspecified atom stereocenters. The van der Waals surface area contributed by atoms with Crippen molar-refractivity contribution in [2.75, 3.05) is 19.8 Å². The topological polar surface area (TPSA) is 83.9 Å². The third-order valence-electron chi connectivity index (χ3n) is 3.13. The Hall–Kier alpha value is -1.44. The number of hydrogen-bond acceptors (Lipinski definition) is 4. The SMILES string of the molecule is O=C(O)C[C@@H]1COCCN1S(=O)(=O)Cc1ccccc1. The molecule has 1 aromatic carbocycles. The lowest BCUT2D eigenvalue weighted by Crippen LogP contribution is -2.49. The van der Waals surface area contributed by atoms with E-state index in [0.717, 1.165) is 0 Å². The Bertz CT molecular complexity index is 557. The smallest absolute Gasteiger partial charge is 0.305 e. The van der Waals surface area contributed by atoms with Gasteiger partial charge in [0.2, 0.25) is 10.0 Å². The van der Waals surface area contributed by atoms with Gasteiger partial charge in [0.25, 0.3) is 0 Å². The zero-order valence-corrected chi connectivity index (χ0v) is 11.8. The van der Waals surface area contributed by atoms with Gasteiger partial charge in [-0.1, -0.05) is 30.3 Å². The fourth-order valence-corrected chi connectivity index (χ4v) is 3.96. The molecule has 0 bridgehead atoms. The second-order valence-corrected chi connectivity index (χ2v) is 6.60. The van der Waals surface area contributed by atoms with E-state index in [1.54, 1.807) is 24.3 Å². The Kier molecular flexibility index (Phi) is 4.74. The van der Waals surface area contributed by atoms with Gasteiger partial charge < -0.3 is 9.84 Å². The number of aliphatic carboxylic acids is 1. The van der Waals surface area contributed by atoms with E-state index in [0.29, 0.717) is 12.2 Å². The van der Waals surface area contributed by atoms with Crippen LogP contribution >= 0.6 is 0 Å². The van der Waals surface area contributed by atoms with E-state index in [2.05, 4.69) is 0 Å². The molecule has 1 aromatic rings. The molecule has 2 rings (SSSR count). The first-order valence-electron chi connectivity index (χ1n) is 6.32. The standard InChI is InChI=1S/C13H17NO5S/c15-13(16)8-12-9-19-7-6-14(12)20(17,18)10-11-4-2-1-3-5-11/h1-5,12H,6-10H2,(H,15,16)/t12-/m1/s1. The first-order chi connectivity index (χ1) is 9.49. The summed E-state index contributed by atoms with van der Waals surface area (Å²) in [5.74, 6) is -1.15. The van der Waals surface area contributed by atoms with Crippen LogP contribution in [-0.2, 0) is 25.3 Å². The predicted octanol–water partition coefficient (Wildman–Crippen LogP) is 0.692. The van der Waals surface area contributed by atoms with Gasteiger partial charge in [-0.2, -0.15) is 4.31 Å². The van der Waals surface area contributed by atoms with Crippen LogP contribution < -0.4 is 0 Å². The summed E-state index contributed by atoms with van der Waals surface area (Å²) < 4.78 is 31.3. The number of ether oxygens (including phenoxy) is 1. The van der Waals surface area contributed by atoms with Gasteiger partial charge in [0.15, 0.2) is 0 Å². The Morgan fingerprint density at radius 2 is 2.05 bits per heavy atom. The van der Waals surface area contributed by atoms with Crippen molar-refractivity contribution in [1.82, 2.24) is 4.31 Å². The molecule has 0 radical (unpaired) electrons. The molecule has 0 amide bonds. The van der Waals surface area contributed by atoms with Crippen LogP contribution in [0, 0.1) is 0 Å². The molecule has 0 saturated carbocycles. The van der Waals surface area contributed by atoms with E-state index in [1.165, 1.54) is 4.31 Å². The van der Waals surface area contributed by atoms with Crippen LogP contribution in [0.25, 0.3) is 0 Å². The summed E-state index contributed by atoms with van der Waals surface area (Å²) in [5.41, 5.74) is 0.688. The molecule has 1 atom stereocenters. The predicted molar refractivity (Wildman–Crippen MR) is 72.6 cm³/mol. The van der Waals surface area contributed by atoms with Crippen molar-refractivity contribution in [1.29, 1.82) is 0 Å². The van der Waals surface area contributed by atoms with Crippen molar-refractivity contribution >= 4 is 16.0 Å². The molecule has 0 aliphatic carbocycles. The highest BCUT2D eigenvalue weighted by atomic mass is 32.2. The second-order valence-electron chi connectivity index (χ2n) is 4.68. The molecule has 7 heteroatoms. The quantitative estimate of drug-likeness (QED) is 0.865. The van der Waals surface area contributed by atoms with Crippen molar-refractivity contribution in [3.8, 4) is 0 Å². The lowest BCUT2D eigenvalue weighted by Gasteiger charge is -2.33. The highest BCUT2D eigenvalue weighted by Crippen LogP contribution is 2.19. The molecule has 1 saturated heterocycles. The van der Waals surface area contributed by atoms with E-state index in [-0.39, 0.29) is 25.3 Å². The number of carboxylic acid groups (broad SMARTS) is 1. The van der Waals surface area contributed by atoms with Crippen molar-refractivity contribution in [2.45, 2.75) is 18.2 Å². The molecule has 1 N–H and O–H groups in total. The molecular weight excluding hydrogens is 282 g/mol. The average Bonchev–Trinajstić information content (AvgIpc) is 2.39. The average molecular weight is 299 g/mol. The number of carboxylic acids is 1. The van der Waals surface area contributed by atoms with E-state index in [1.807, 2.05) is 6.07 Å². The highest BCUT2D eigenvalue weighted by Gasteiger charge is 2.34. The molecule has 1 heterocycles. The first kappa shape index (κ1) is 15.0. The maximum absolute atomic E-state index is 12.4. The number of nitrogens with zero attached hydrogens (tertiary/aromatic N) is 1. The minimum absolute atomic E-state index is 0.121. The van der Waals surface area contributed by atoms with Crippen LogP contribution in [0.2, 0.25) is 0 Å². The molecule has 0 spiro atoms. The Morgan fingerprint density at radius 3 is 2.70 bits per heavy atom. The van der Waals surface area contributed by atoms with Gasteiger partial charge in [0, 0.05) is 6.54 Å². The van der Waals surface area contributed by atoms with Crippen LogP contribution in [0.5, 0.6) is 0 Å². The number of carbonyl (C=O) groups is 1. The monoisotopic (exact) mass is 299 g/mol. The summed E-state index contributed by atoms with van der Waals surface area (Å²) in [5, 5.41) is 8.86. The molecule has 0 aromatic heterocycles. The molecule has 110 valence electrons. The molecule has 20 heavy (non-hydrogen) atoms. The van der Waals surface area contributed by atoms with Crippen molar-refractivity contribution in [3.63, 3.8) is 0 Å². The number of sulfonamides is 1. The summed E-state index contributed by atoms with van der Waals surface area (Å²) in [6.45, 7) is 0.623. The normalized spacial score (nSPS) is 20.7. The van der Waals surface area contributed by atoms with Gasteiger partial charge >= 0.3 is 5.97 Å². The number of rotatable bonds is 5. The van der Waals surface area contributed by atoms with Crippen LogP contribution in [0.4, 0.5) is 0 Å². The van der Waals surface area contributed by atoms with E-state index in [4.69, 9.17) is 9.84 Å². The third-order valence-corrected chi connectivity index (χ3v) is 5.03. The molecule has 1 aliphatic heterocycles. The fourth-order valence-electron chi connectivity index (χ4n) is 2.24. The largest absolute Gasteiger partial charge is 0.481 e. The molecule has 1 aliphatic rings. The Balaban J connectivity index is 2.15. The van der Waals surface area contributed by atoms with Crippen LogP contribution in [0.15, 0.2) is 30.3 Å². The third kappa shape index (κ3) is 3.78. The maximum Gasteiger partial charge on any atom is 0.305 e. The Morgan fingerprint density at radius 1 is 1.35 bits per heavy atom. The number of benzene rings is 1. The lowest BCUT2D eigenvalue weighted by atomic mass is 10.2. The van der Waals surface area contributed by atoms with Gasteiger partial charge in [0.1, 0.15) is 0 Å². The maximum atomic E-state index is 12.4. The Labute approximate surface area is 118 Å². The zero-order chi connectivity index (χ0) is 14.6. The summed E-state index contributed by atoms with van der Waals surface area (Å²) in [6, 6.07) is 8.22. The van der Waals surface area contributed by atoms with E-state index < -0.39 is 22.0 Å². The molecular formula is C13H17NO5S. The van der Waals surface area contributed by atoms with Crippen molar-refractivity contribution in [2.24, 2.45) is 0 Å². The summed E-state index contributed by atoms with van der Waals surface area (Å²) >= 11 is 0. The van der Waals surface area contributed by atoms with Gasteiger partial charge in [-0.3, -0.25) is 4.79 Å². The molecule has 6 nitrogen and oxygen atoms in total. The zero-order valence-electron chi connectivity index (χ0n) is 10.9.